The monoisotopic (exact) mass is 237 g/mol. The zero-order valence-electron chi connectivity index (χ0n) is 9.37. The van der Waals surface area contributed by atoms with E-state index in [0.29, 0.717) is 17.8 Å². The molecule has 3 nitrogen and oxygen atoms in total. The fourth-order valence-corrected chi connectivity index (χ4v) is 1.51. The first-order valence-electron chi connectivity index (χ1n) is 5.32. The molecule has 2 aromatic rings. The van der Waals surface area contributed by atoms with Gasteiger partial charge in [-0.1, -0.05) is 6.92 Å². The van der Waals surface area contributed by atoms with E-state index in [1.165, 1.54) is 6.07 Å². The number of imidazole rings is 1. The van der Waals surface area contributed by atoms with Gasteiger partial charge in [-0.15, -0.1) is 0 Å². The van der Waals surface area contributed by atoms with Gasteiger partial charge in [-0.3, -0.25) is 0 Å². The highest BCUT2D eigenvalue weighted by molar-refractivity contribution is 5.58. The highest BCUT2D eigenvalue weighted by Gasteiger charge is 2.10. The molecule has 1 unspecified atom stereocenters. The van der Waals surface area contributed by atoms with E-state index >= 15 is 0 Å². The molecule has 1 heterocycles. The van der Waals surface area contributed by atoms with Gasteiger partial charge < -0.3 is 10.7 Å². The summed E-state index contributed by atoms with van der Waals surface area (Å²) in [6.45, 7) is 2.42. The van der Waals surface area contributed by atoms with E-state index in [0.717, 1.165) is 18.0 Å². The molecule has 1 aromatic heterocycles. The van der Waals surface area contributed by atoms with E-state index in [1.807, 2.05) is 6.92 Å². The fraction of sp³-hybridized carbons (Fsp3) is 0.250. The second-order valence-corrected chi connectivity index (χ2v) is 3.95. The summed E-state index contributed by atoms with van der Waals surface area (Å²) < 4.78 is 25.9. The number of H-pyrrole nitrogens is 1. The summed E-state index contributed by atoms with van der Waals surface area (Å²) in [5.41, 5.74) is 6.74. The lowest BCUT2D eigenvalue weighted by Gasteiger charge is -2.03. The Balaban J connectivity index is 2.33. The minimum absolute atomic E-state index is 0.106. The van der Waals surface area contributed by atoms with Crippen molar-refractivity contribution in [1.82, 2.24) is 9.97 Å². The highest BCUT2D eigenvalue weighted by Crippen LogP contribution is 2.21. The minimum Gasteiger partial charge on any atom is -0.342 e. The van der Waals surface area contributed by atoms with Crippen molar-refractivity contribution in [2.45, 2.75) is 12.8 Å². The smallest absolute Gasteiger partial charge is 0.159 e. The maximum Gasteiger partial charge on any atom is 0.159 e. The largest absolute Gasteiger partial charge is 0.342 e. The second kappa shape index (κ2) is 4.63. The molecule has 3 N–H and O–H groups in total. The summed E-state index contributed by atoms with van der Waals surface area (Å²) in [7, 11) is 0. The predicted molar refractivity (Wildman–Crippen MR) is 61.4 cm³/mol. The molecule has 0 aliphatic rings. The van der Waals surface area contributed by atoms with Gasteiger partial charge in [-0.2, -0.15) is 0 Å². The van der Waals surface area contributed by atoms with Crippen LogP contribution < -0.4 is 5.73 Å². The van der Waals surface area contributed by atoms with Gasteiger partial charge in [0.05, 0.1) is 11.9 Å². The molecule has 0 aliphatic carbocycles. The van der Waals surface area contributed by atoms with E-state index in [4.69, 9.17) is 5.73 Å². The first kappa shape index (κ1) is 11.7. The maximum atomic E-state index is 13.1. The molecule has 0 saturated carbocycles. The number of benzene rings is 1. The summed E-state index contributed by atoms with van der Waals surface area (Å²) in [5.74, 6) is -0.879. The zero-order valence-corrected chi connectivity index (χ0v) is 9.37. The zero-order chi connectivity index (χ0) is 12.4. The Hall–Kier alpha value is -1.75. The molecule has 0 fully saturated rings. The molecule has 0 amide bonds. The summed E-state index contributed by atoms with van der Waals surface area (Å²) in [4.78, 5) is 7.21. The molecule has 5 heteroatoms. The number of hydrogen-bond acceptors (Lipinski definition) is 2. The van der Waals surface area contributed by atoms with Crippen molar-refractivity contribution in [3.63, 3.8) is 0 Å². The number of nitrogens with zero attached hydrogens (tertiary/aromatic N) is 1. The number of halogens is 2. The second-order valence-electron chi connectivity index (χ2n) is 3.95. The molecule has 90 valence electrons. The number of hydrogen-bond donors (Lipinski definition) is 2. The van der Waals surface area contributed by atoms with Crippen LogP contribution in [0.1, 0.15) is 18.7 Å². The molecular weight excluding hydrogens is 224 g/mol. The third-order valence-corrected chi connectivity index (χ3v) is 2.65. The Morgan fingerprint density at radius 1 is 1.35 bits per heavy atom. The number of rotatable bonds is 3. The van der Waals surface area contributed by atoms with E-state index in [2.05, 4.69) is 9.97 Å². The third-order valence-electron chi connectivity index (χ3n) is 2.65. The van der Waals surface area contributed by atoms with Gasteiger partial charge in [0.15, 0.2) is 11.6 Å². The summed E-state index contributed by atoms with van der Waals surface area (Å²) in [5, 5.41) is 0. The topological polar surface area (TPSA) is 54.7 Å². The molecular formula is C12H13F2N3. The van der Waals surface area contributed by atoms with E-state index < -0.39 is 11.6 Å². The molecule has 17 heavy (non-hydrogen) atoms. The average molecular weight is 237 g/mol. The Bertz CT molecular complexity index is 522. The minimum atomic E-state index is -0.870. The van der Waals surface area contributed by atoms with Crippen molar-refractivity contribution >= 4 is 0 Å². The molecule has 2 rings (SSSR count). The number of aromatic nitrogens is 2. The van der Waals surface area contributed by atoms with Crippen molar-refractivity contribution in [2.75, 3.05) is 6.54 Å². The van der Waals surface area contributed by atoms with E-state index in [9.17, 15) is 8.78 Å². The van der Waals surface area contributed by atoms with Crippen LogP contribution in [-0.4, -0.2) is 16.5 Å². The van der Waals surface area contributed by atoms with E-state index in [-0.39, 0.29) is 5.92 Å². The fourth-order valence-electron chi connectivity index (χ4n) is 1.51. The van der Waals surface area contributed by atoms with Crippen LogP contribution in [0, 0.1) is 11.6 Å². The molecule has 0 bridgehead atoms. The van der Waals surface area contributed by atoms with Crippen LogP contribution in [0.4, 0.5) is 8.78 Å². The maximum absolute atomic E-state index is 13.1. The predicted octanol–water partition coefficient (Wildman–Crippen LogP) is 2.42. The van der Waals surface area contributed by atoms with Gasteiger partial charge in [0.25, 0.3) is 0 Å². The lowest BCUT2D eigenvalue weighted by atomic mass is 10.1. The third kappa shape index (κ3) is 2.34. The first-order valence-corrected chi connectivity index (χ1v) is 5.32. The Labute approximate surface area is 97.7 Å². The van der Waals surface area contributed by atoms with Gasteiger partial charge in [0.2, 0.25) is 0 Å². The Kier molecular flexibility index (Phi) is 3.19. The quantitative estimate of drug-likeness (QED) is 0.861. The lowest BCUT2D eigenvalue weighted by molar-refractivity contribution is 0.509. The molecule has 0 saturated heterocycles. The first-order chi connectivity index (χ1) is 8.11. The van der Waals surface area contributed by atoms with Crippen molar-refractivity contribution in [3.8, 4) is 11.3 Å². The molecule has 0 radical (unpaired) electrons. The van der Waals surface area contributed by atoms with Crippen molar-refractivity contribution in [1.29, 1.82) is 0 Å². The summed E-state index contributed by atoms with van der Waals surface area (Å²) in [6, 6.07) is 3.74. The van der Waals surface area contributed by atoms with Crippen LogP contribution in [0.2, 0.25) is 0 Å². The number of nitrogens with two attached hydrogens (primary N) is 1. The van der Waals surface area contributed by atoms with Crippen LogP contribution in [-0.2, 0) is 0 Å². The van der Waals surface area contributed by atoms with Crippen LogP contribution >= 0.6 is 0 Å². The summed E-state index contributed by atoms with van der Waals surface area (Å²) in [6.07, 6.45) is 1.59. The number of nitrogens with one attached hydrogen (secondary N) is 1. The molecule has 1 atom stereocenters. The van der Waals surface area contributed by atoms with Crippen LogP contribution in [0.3, 0.4) is 0 Å². The molecule has 0 aliphatic heterocycles. The van der Waals surface area contributed by atoms with Crippen molar-refractivity contribution in [2.24, 2.45) is 5.73 Å². The van der Waals surface area contributed by atoms with Gasteiger partial charge in [-0.25, -0.2) is 13.8 Å². The van der Waals surface area contributed by atoms with Gasteiger partial charge >= 0.3 is 0 Å². The SMILES string of the molecule is CC(CN)c1ncc(-c2ccc(F)c(F)c2)[nH]1. The summed E-state index contributed by atoms with van der Waals surface area (Å²) >= 11 is 0. The van der Waals surface area contributed by atoms with E-state index in [1.54, 1.807) is 6.20 Å². The lowest BCUT2D eigenvalue weighted by Crippen LogP contribution is -2.10. The van der Waals surface area contributed by atoms with Crippen molar-refractivity contribution in [3.05, 3.63) is 41.9 Å². The van der Waals surface area contributed by atoms with Crippen LogP contribution in [0.15, 0.2) is 24.4 Å². The Morgan fingerprint density at radius 2 is 2.12 bits per heavy atom. The van der Waals surface area contributed by atoms with Gasteiger partial charge in [0.1, 0.15) is 5.82 Å². The van der Waals surface area contributed by atoms with Crippen LogP contribution in [0.5, 0.6) is 0 Å². The highest BCUT2D eigenvalue weighted by atomic mass is 19.2. The number of aromatic amines is 1. The molecule has 0 spiro atoms. The van der Waals surface area contributed by atoms with Gasteiger partial charge in [-0.05, 0) is 18.2 Å². The Morgan fingerprint density at radius 3 is 2.76 bits per heavy atom. The normalized spacial score (nSPS) is 12.7. The van der Waals surface area contributed by atoms with Crippen LogP contribution in [0.25, 0.3) is 11.3 Å². The average Bonchev–Trinajstić information content (AvgIpc) is 2.81. The van der Waals surface area contributed by atoms with Crippen molar-refractivity contribution < 1.29 is 8.78 Å². The molecule has 1 aromatic carbocycles. The van der Waals surface area contributed by atoms with Gasteiger partial charge in [0, 0.05) is 18.0 Å². The standard InChI is InChI=1S/C12H13F2N3/c1-7(5-15)12-16-6-11(17-12)8-2-3-9(13)10(14)4-8/h2-4,6-7H,5,15H2,1H3,(H,16,17).